The minimum atomic E-state index is -4.32. The van der Waals surface area contributed by atoms with Crippen LogP contribution >= 0.6 is 0 Å². The number of hydrogen-bond acceptors (Lipinski definition) is 4. The van der Waals surface area contributed by atoms with E-state index >= 15 is 0 Å². The zero-order valence-electron chi connectivity index (χ0n) is 13.9. The molecule has 26 heavy (non-hydrogen) atoms. The van der Waals surface area contributed by atoms with E-state index in [9.17, 15) is 13.2 Å². The Morgan fingerprint density at radius 1 is 0.808 bits per heavy atom. The fourth-order valence-electron chi connectivity index (χ4n) is 3.17. The summed E-state index contributed by atoms with van der Waals surface area (Å²) in [6.07, 6.45) is -2.57. The minimum absolute atomic E-state index is 0.601. The number of alkyl halides is 3. The molecule has 7 heteroatoms. The fourth-order valence-corrected chi connectivity index (χ4v) is 3.17. The summed E-state index contributed by atoms with van der Waals surface area (Å²) in [5.41, 5.74) is 1.67. The first-order valence-electron chi connectivity index (χ1n) is 8.40. The van der Waals surface area contributed by atoms with E-state index in [1.807, 2.05) is 29.2 Å². The summed E-state index contributed by atoms with van der Waals surface area (Å²) in [4.78, 5) is 13.2. The van der Waals surface area contributed by atoms with Gasteiger partial charge in [0, 0.05) is 31.9 Å². The standard InChI is InChI=1S/C19H17F3N4/c20-19(21,22)14-4-3-5-15(12-14)25-8-10-26(11-9-25)18-13-23-16-6-1-2-7-17(16)24-18/h1-7,12-13H,8-11H2. The van der Waals surface area contributed by atoms with Gasteiger partial charge >= 0.3 is 6.18 Å². The lowest BCUT2D eigenvalue weighted by atomic mass is 10.1. The van der Waals surface area contributed by atoms with Gasteiger partial charge in [0.15, 0.2) is 0 Å². The molecule has 0 amide bonds. The molecule has 0 aliphatic carbocycles. The third-order valence-corrected chi connectivity index (χ3v) is 4.58. The van der Waals surface area contributed by atoms with Gasteiger partial charge in [-0.3, -0.25) is 4.98 Å². The quantitative estimate of drug-likeness (QED) is 0.694. The van der Waals surface area contributed by atoms with Crippen molar-refractivity contribution >= 4 is 22.5 Å². The van der Waals surface area contributed by atoms with Crippen LogP contribution in [0, 0.1) is 0 Å². The lowest BCUT2D eigenvalue weighted by molar-refractivity contribution is -0.137. The van der Waals surface area contributed by atoms with Crippen LogP contribution in [0.3, 0.4) is 0 Å². The van der Waals surface area contributed by atoms with Gasteiger partial charge in [0.25, 0.3) is 0 Å². The predicted octanol–water partition coefficient (Wildman–Crippen LogP) is 3.98. The Morgan fingerprint density at radius 3 is 2.23 bits per heavy atom. The highest BCUT2D eigenvalue weighted by Crippen LogP contribution is 2.32. The maximum absolute atomic E-state index is 12.9. The zero-order valence-corrected chi connectivity index (χ0v) is 13.9. The Hall–Kier alpha value is -2.83. The lowest BCUT2D eigenvalue weighted by Gasteiger charge is -2.36. The Bertz CT molecular complexity index is 918. The average molecular weight is 358 g/mol. The van der Waals surface area contributed by atoms with E-state index in [4.69, 9.17) is 0 Å². The molecule has 134 valence electrons. The van der Waals surface area contributed by atoms with Gasteiger partial charge in [-0.2, -0.15) is 13.2 Å². The number of benzene rings is 2. The fraction of sp³-hybridized carbons (Fsp3) is 0.263. The number of hydrogen-bond donors (Lipinski definition) is 0. The summed E-state index contributed by atoms with van der Waals surface area (Å²) < 4.78 is 38.7. The molecule has 0 saturated carbocycles. The first kappa shape index (κ1) is 16.6. The topological polar surface area (TPSA) is 32.3 Å². The largest absolute Gasteiger partial charge is 0.416 e. The maximum atomic E-state index is 12.9. The molecule has 4 nitrogen and oxygen atoms in total. The molecule has 1 aliphatic rings. The van der Waals surface area contributed by atoms with E-state index in [0.717, 1.165) is 22.9 Å². The summed E-state index contributed by atoms with van der Waals surface area (Å²) in [5.74, 6) is 0.799. The van der Waals surface area contributed by atoms with Crippen LogP contribution in [0.4, 0.5) is 24.7 Å². The van der Waals surface area contributed by atoms with Crippen molar-refractivity contribution in [2.75, 3.05) is 36.0 Å². The Morgan fingerprint density at radius 2 is 1.50 bits per heavy atom. The van der Waals surface area contributed by atoms with E-state index in [2.05, 4.69) is 14.9 Å². The van der Waals surface area contributed by atoms with Crippen molar-refractivity contribution in [2.24, 2.45) is 0 Å². The van der Waals surface area contributed by atoms with Crippen LogP contribution in [0.25, 0.3) is 11.0 Å². The molecular weight excluding hydrogens is 341 g/mol. The highest BCUT2D eigenvalue weighted by Gasteiger charge is 2.31. The molecule has 4 rings (SSSR count). The third-order valence-electron chi connectivity index (χ3n) is 4.58. The molecule has 0 unspecified atom stereocenters. The second-order valence-electron chi connectivity index (χ2n) is 6.24. The van der Waals surface area contributed by atoms with Crippen molar-refractivity contribution in [3.05, 3.63) is 60.3 Å². The van der Waals surface area contributed by atoms with E-state index in [1.165, 1.54) is 12.1 Å². The number of aromatic nitrogens is 2. The highest BCUT2D eigenvalue weighted by atomic mass is 19.4. The van der Waals surface area contributed by atoms with Gasteiger partial charge in [-0.25, -0.2) is 4.98 Å². The monoisotopic (exact) mass is 358 g/mol. The maximum Gasteiger partial charge on any atom is 0.416 e. The van der Waals surface area contributed by atoms with Gasteiger partial charge in [0.1, 0.15) is 5.82 Å². The van der Waals surface area contributed by atoms with Crippen molar-refractivity contribution in [2.45, 2.75) is 6.18 Å². The Balaban J connectivity index is 1.48. The Kier molecular flexibility index (Phi) is 4.14. The summed E-state index contributed by atoms with van der Waals surface area (Å²) in [6.45, 7) is 2.64. The van der Waals surface area contributed by atoms with Gasteiger partial charge in [-0.05, 0) is 30.3 Å². The third kappa shape index (κ3) is 3.29. The van der Waals surface area contributed by atoms with Crippen molar-refractivity contribution in [1.29, 1.82) is 0 Å². The highest BCUT2D eigenvalue weighted by molar-refractivity contribution is 5.75. The molecule has 1 aromatic heterocycles. The van der Waals surface area contributed by atoms with Gasteiger partial charge in [-0.15, -0.1) is 0 Å². The molecule has 3 aromatic rings. The number of para-hydroxylation sites is 2. The Labute approximate surface area is 148 Å². The molecule has 0 bridgehead atoms. The number of halogens is 3. The van der Waals surface area contributed by atoms with Gasteiger partial charge in [0.05, 0.1) is 22.8 Å². The molecule has 0 atom stereocenters. The second kappa shape index (κ2) is 6.48. The van der Waals surface area contributed by atoms with E-state index in [1.54, 1.807) is 12.3 Å². The number of nitrogens with zero attached hydrogens (tertiary/aromatic N) is 4. The zero-order chi connectivity index (χ0) is 18.1. The van der Waals surface area contributed by atoms with Crippen LogP contribution in [0.2, 0.25) is 0 Å². The SMILES string of the molecule is FC(F)(F)c1cccc(N2CCN(c3cnc4ccccc4n3)CC2)c1. The second-order valence-corrected chi connectivity index (χ2v) is 6.24. The molecule has 1 fully saturated rings. The van der Waals surface area contributed by atoms with Crippen LogP contribution in [-0.4, -0.2) is 36.1 Å². The molecule has 2 heterocycles. The molecule has 0 spiro atoms. The summed E-state index contributed by atoms with van der Waals surface area (Å²) >= 11 is 0. The summed E-state index contributed by atoms with van der Waals surface area (Å²) in [5, 5.41) is 0. The van der Waals surface area contributed by atoms with Gasteiger partial charge < -0.3 is 9.80 Å². The molecule has 2 aromatic carbocycles. The van der Waals surface area contributed by atoms with Crippen molar-refractivity contribution < 1.29 is 13.2 Å². The smallest absolute Gasteiger partial charge is 0.368 e. The molecule has 0 N–H and O–H groups in total. The molecular formula is C19H17F3N4. The first-order valence-corrected chi connectivity index (χ1v) is 8.40. The van der Waals surface area contributed by atoms with Crippen LogP contribution in [0.1, 0.15) is 5.56 Å². The van der Waals surface area contributed by atoms with Crippen LogP contribution in [-0.2, 0) is 6.18 Å². The van der Waals surface area contributed by atoms with Gasteiger partial charge in [0.2, 0.25) is 0 Å². The van der Waals surface area contributed by atoms with Gasteiger partial charge in [-0.1, -0.05) is 18.2 Å². The van der Waals surface area contributed by atoms with E-state index in [-0.39, 0.29) is 0 Å². The van der Waals surface area contributed by atoms with Crippen LogP contribution in [0.5, 0.6) is 0 Å². The predicted molar refractivity (Wildman–Crippen MR) is 95.4 cm³/mol. The van der Waals surface area contributed by atoms with E-state index < -0.39 is 11.7 Å². The summed E-state index contributed by atoms with van der Waals surface area (Å²) in [7, 11) is 0. The average Bonchev–Trinajstić information content (AvgIpc) is 2.67. The lowest BCUT2D eigenvalue weighted by Crippen LogP contribution is -2.46. The molecule has 0 radical (unpaired) electrons. The van der Waals surface area contributed by atoms with Crippen molar-refractivity contribution in [3.63, 3.8) is 0 Å². The normalized spacial score (nSPS) is 15.5. The van der Waals surface area contributed by atoms with E-state index in [0.29, 0.717) is 31.9 Å². The number of piperazine rings is 1. The number of rotatable bonds is 2. The molecule has 1 saturated heterocycles. The van der Waals surface area contributed by atoms with Crippen molar-refractivity contribution in [3.8, 4) is 0 Å². The number of fused-ring (bicyclic) bond motifs is 1. The molecule has 1 aliphatic heterocycles. The van der Waals surface area contributed by atoms with Crippen LogP contribution in [0.15, 0.2) is 54.7 Å². The number of anilines is 2. The van der Waals surface area contributed by atoms with Crippen LogP contribution < -0.4 is 9.80 Å². The summed E-state index contributed by atoms with van der Waals surface area (Å²) in [6, 6.07) is 13.2. The minimum Gasteiger partial charge on any atom is -0.368 e. The first-order chi connectivity index (χ1) is 12.5. The van der Waals surface area contributed by atoms with Crippen molar-refractivity contribution in [1.82, 2.24) is 9.97 Å².